The van der Waals surface area contributed by atoms with Gasteiger partial charge in [0.2, 0.25) is 10.0 Å². The third-order valence-corrected chi connectivity index (χ3v) is 7.88. The number of piperidine rings is 1. The van der Waals surface area contributed by atoms with Crippen molar-refractivity contribution in [3.8, 4) is 0 Å². The molecule has 1 aromatic heterocycles. The summed E-state index contributed by atoms with van der Waals surface area (Å²) in [5, 5.41) is -0.117. The zero-order valence-electron chi connectivity index (χ0n) is 14.2. The Morgan fingerprint density at radius 1 is 1.13 bits per heavy atom. The van der Waals surface area contributed by atoms with E-state index in [-0.39, 0.29) is 5.25 Å². The fraction of sp³-hybridized carbons (Fsp3) is 0.824. The van der Waals surface area contributed by atoms with Crippen molar-refractivity contribution < 1.29 is 8.42 Å². The molecule has 1 aromatic rings. The minimum Gasteiger partial charge on any atom is -0.335 e. The van der Waals surface area contributed by atoms with Crippen LogP contribution in [0.5, 0.6) is 0 Å². The van der Waals surface area contributed by atoms with Gasteiger partial charge in [-0.2, -0.15) is 0 Å². The zero-order valence-corrected chi connectivity index (χ0v) is 15.0. The van der Waals surface area contributed by atoms with Crippen LogP contribution in [0.15, 0.2) is 12.4 Å². The summed E-state index contributed by atoms with van der Waals surface area (Å²) in [6.07, 6.45) is 11.8. The molecule has 23 heavy (non-hydrogen) atoms. The molecule has 0 aromatic carbocycles. The molecule has 130 valence electrons. The first-order chi connectivity index (χ1) is 11.1. The highest BCUT2D eigenvalue weighted by molar-refractivity contribution is 7.89. The van der Waals surface area contributed by atoms with E-state index in [0.29, 0.717) is 19.0 Å². The van der Waals surface area contributed by atoms with Gasteiger partial charge in [0.05, 0.1) is 5.25 Å². The van der Waals surface area contributed by atoms with Crippen LogP contribution in [0.1, 0.15) is 57.7 Å². The molecule has 0 atom stereocenters. The quantitative estimate of drug-likeness (QED) is 0.829. The fourth-order valence-corrected chi connectivity index (χ4v) is 6.09. The Morgan fingerprint density at radius 3 is 2.48 bits per heavy atom. The summed E-state index contributed by atoms with van der Waals surface area (Å²) in [6, 6.07) is 0. The molecular formula is C17H29N3O2S. The molecule has 6 heteroatoms. The Labute approximate surface area is 140 Å². The van der Waals surface area contributed by atoms with Crippen molar-refractivity contribution in [1.82, 2.24) is 13.9 Å². The van der Waals surface area contributed by atoms with Gasteiger partial charge in [-0.3, -0.25) is 0 Å². The lowest BCUT2D eigenvalue weighted by Crippen LogP contribution is -2.44. The summed E-state index contributed by atoms with van der Waals surface area (Å²) in [4.78, 5) is 4.37. The van der Waals surface area contributed by atoms with Crippen LogP contribution in [-0.4, -0.2) is 40.6 Å². The molecule has 0 N–H and O–H groups in total. The van der Waals surface area contributed by atoms with Gasteiger partial charge in [0, 0.05) is 38.4 Å². The van der Waals surface area contributed by atoms with Crippen molar-refractivity contribution in [2.75, 3.05) is 13.1 Å². The summed E-state index contributed by atoms with van der Waals surface area (Å²) in [5.74, 6) is 1.69. The van der Waals surface area contributed by atoms with Gasteiger partial charge in [0.25, 0.3) is 0 Å². The summed E-state index contributed by atoms with van der Waals surface area (Å²) in [7, 11) is -3.07. The van der Waals surface area contributed by atoms with Crippen molar-refractivity contribution in [1.29, 1.82) is 0 Å². The van der Waals surface area contributed by atoms with E-state index in [1.807, 2.05) is 12.4 Å². The second kappa shape index (κ2) is 7.34. The van der Waals surface area contributed by atoms with Crippen LogP contribution in [0.25, 0.3) is 0 Å². The SMILES string of the molecule is CCc1nccn1CC1CCN(S(=O)(=O)C2CCCCC2)CC1. The van der Waals surface area contributed by atoms with E-state index in [4.69, 9.17) is 0 Å². The maximum absolute atomic E-state index is 12.8. The highest BCUT2D eigenvalue weighted by atomic mass is 32.2. The minimum atomic E-state index is -3.07. The molecule has 0 amide bonds. The molecule has 3 rings (SSSR count). The highest BCUT2D eigenvalue weighted by Crippen LogP contribution is 2.29. The lowest BCUT2D eigenvalue weighted by atomic mass is 9.98. The van der Waals surface area contributed by atoms with Crippen LogP contribution >= 0.6 is 0 Å². The average molecular weight is 340 g/mol. The number of nitrogens with zero attached hydrogens (tertiary/aromatic N) is 3. The number of sulfonamides is 1. The molecule has 1 aliphatic heterocycles. The first-order valence-corrected chi connectivity index (χ1v) is 10.6. The summed E-state index contributed by atoms with van der Waals surface area (Å²) in [5.41, 5.74) is 0. The van der Waals surface area contributed by atoms with Gasteiger partial charge in [-0.1, -0.05) is 26.2 Å². The van der Waals surface area contributed by atoms with Gasteiger partial charge >= 0.3 is 0 Å². The molecule has 1 saturated carbocycles. The standard InChI is InChI=1S/C17H29N3O2S/c1-2-17-18-10-13-19(17)14-15-8-11-20(12-9-15)23(21,22)16-6-4-3-5-7-16/h10,13,15-16H,2-9,11-12,14H2,1H3. The van der Waals surface area contributed by atoms with Crippen molar-refractivity contribution in [3.63, 3.8) is 0 Å². The van der Waals surface area contributed by atoms with Crippen LogP contribution < -0.4 is 0 Å². The molecular weight excluding hydrogens is 310 g/mol. The van der Waals surface area contributed by atoms with Crippen molar-refractivity contribution >= 4 is 10.0 Å². The number of imidazole rings is 1. The van der Waals surface area contributed by atoms with Crippen LogP contribution in [-0.2, 0) is 23.0 Å². The van der Waals surface area contributed by atoms with Crippen molar-refractivity contribution in [3.05, 3.63) is 18.2 Å². The normalized spacial score (nSPS) is 22.5. The lowest BCUT2D eigenvalue weighted by Gasteiger charge is -2.35. The lowest BCUT2D eigenvalue weighted by molar-refractivity contribution is 0.248. The summed E-state index contributed by atoms with van der Waals surface area (Å²) >= 11 is 0. The van der Waals surface area contributed by atoms with E-state index in [2.05, 4.69) is 16.5 Å². The summed E-state index contributed by atoms with van der Waals surface area (Å²) in [6.45, 7) is 4.48. The molecule has 1 saturated heterocycles. The number of hydrogen-bond acceptors (Lipinski definition) is 3. The van der Waals surface area contributed by atoms with E-state index in [9.17, 15) is 8.42 Å². The number of aromatic nitrogens is 2. The van der Waals surface area contributed by atoms with Crippen LogP contribution in [0.2, 0.25) is 0 Å². The van der Waals surface area contributed by atoms with E-state index in [1.54, 1.807) is 4.31 Å². The zero-order chi connectivity index (χ0) is 16.3. The second-order valence-electron chi connectivity index (χ2n) is 7.00. The Balaban J connectivity index is 1.55. The van der Waals surface area contributed by atoms with Crippen LogP contribution in [0.4, 0.5) is 0 Å². The highest BCUT2D eigenvalue weighted by Gasteiger charge is 2.35. The molecule has 5 nitrogen and oxygen atoms in total. The van der Waals surface area contributed by atoms with E-state index >= 15 is 0 Å². The topological polar surface area (TPSA) is 55.2 Å². The van der Waals surface area contributed by atoms with E-state index < -0.39 is 10.0 Å². The molecule has 0 radical (unpaired) electrons. The van der Waals surface area contributed by atoms with E-state index in [1.165, 1.54) is 6.42 Å². The Morgan fingerprint density at radius 2 is 1.83 bits per heavy atom. The van der Waals surface area contributed by atoms with Gasteiger partial charge < -0.3 is 4.57 Å². The molecule has 2 fully saturated rings. The van der Waals surface area contributed by atoms with Crippen molar-refractivity contribution in [2.24, 2.45) is 5.92 Å². The van der Waals surface area contributed by atoms with E-state index in [0.717, 1.165) is 57.3 Å². The molecule has 2 aliphatic rings. The third kappa shape index (κ3) is 3.79. The first-order valence-electron chi connectivity index (χ1n) is 9.10. The van der Waals surface area contributed by atoms with Gasteiger partial charge in [-0.25, -0.2) is 17.7 Å². The Kier molecular flexibility index (Phi) is 5.42. The summed E-state index contributed by atoms with van der Waals surface area (Å²) < 4.78 is 29.6. The van der Waals surface area contributed by atoms with Gasteiger partial charge in [-0.15, -0.1) is 0 Å². The average Bonchev–Trinajstić information content (AvgIpc) is 3.03. The molecule has 1 aliphatic carbocycles. The van der Waals surface area contributed by atoms with Crippen molar-refractivity contribution in [2.45, 2.75) is 70.1 Å². The van der Waals surface area contributed by atoms with Gasteiger partial charge in [0.15, 0.2) is 0 Å². The second-order valence-corrected chi connectivity index (χ2v) is 9.21. The van der Waals surface area contributed by atoms with Crippen LogP contribution in [0.3, 0.4) is 0 Å². The molecule has 0 spiro atoms. The first kappa shape index (κ1) is 17.0. The predicted molar refractivity (Wildman–Crippen MR) is 91.7 cm³/mol. The largest absolute Gasteiger partial charge is 0.335 e. The fourth-order valence-electron chi connectivity index (χ4n) is 4.02. The number of aryl methyl sites for hydroxylation is 1. The monoisotopic (exact) mass is 339 g/mol. The minimum absolute atomic E-state index is 0.117. The predicted octanol–water partition coefficient (Wildman–Crippen LogP) is 2.82. The number of hydrogen-bond donors (Lipinski definition) is 0. The maximum Gasteiger partial charge on any atom is 0.216 e. The number of rotatable bonds is 5. The van der Waals surface area contributed by atoms with Crippen LogP contribution in [0, 0.1) is 5.92 Å². The Bertz CT molecular complexity index is 597. The molecule has 0 bridgehead atoms. The van der Waals surface area contributed by atoms with Gasteiger partial charge in [-0.05, 0) is 31.6 Å². The Hall–Kier alpha value is -0.880. The smallest absolute Gasteiger partial charge is 0.216 e. The third-order valence-electron chi connectivity index (χ3n) is 5.48. The molecule has 2 heterocycles. The molecule has 0 unspecified atom stereocenters. The maximum atomic E-state index is 12.8. The van der Waals surface area contributed by atoms with Gasteiger partial charge in [0.1, 0.15) is 5.82 Å².